The number of rotatable bonds is 32. The normalized spacial score (nSPS) is 22.6. The Bertz CT molecular complexity index is 1820. The fraction of sp³-hybridized carbons (Fsp3) is 0.635. The van der Waals surface area contributed by atoms with Gasteiger partial charge in [-0.3, -0.25) is 9.69 Å². The van der Waals surface area contributed by atoms with Crippen molar-refractivity contribution in [2.45, 2.75) is 134 Å². The maximum absolute atomic E-state index is 14.6. The molecule has 13 nitrogen and oxygen atoms in total. The first-order valence-electron chi connectivity index (χ1n) is 24.4. The summed E-state index contributed by atoms with van der Waals surface area (Å²) in [4.78, 5) is 33.5. The van der Waals surface area contributed by atoms with E-state index in [0.29, 0.717) is 41.4 Å². The van der Waals surface area contributed by atoms with Crippen LogP contribution in [0.1, 0.15) is 138 Å². The molecule has 0 radical (unpaired) electrons. The molecule has 1 heterocycles. The summed E-state index contributed by atoms with van der Waals surface area (Å²) in [5.74, 6) is -0.504. The predicted octanol–water partition coefficient (Wildman–Crippen LogP) is 9.92. The van der Waals surface area contributed by atoms with Gasteiger partial charge in [-0.05, 0) is 79.8 Å². The van der Waals surface area contributed by atoms with Gasteiger partial charge in [0.2, 0.25) is 5.79 Å². The average Bonchev–Trinajstić information content (AvgIpc) is 3.32. The number of ether oxygens (including phenoxy) is 5. The Balaban J connectivity index is 1.58. The summed E-state index contributed by atoms with van der Waals surface area (Å²) >= 11 is 0. The molecule has 13 heteroatoms. The van der Waals surface area contributed by atoms with Gasteiger partial charge in [-0.15, -0.1) is 6.58 Å². The molecule has 1 saturated carbocycles. The second-order valence-electron chi connectivity index (χ2n) is 17.6. The maximum atomic E-state index is 14.6. The van der Waals surface area contributed by atoms with Gasteiger partial charge in [-0.1, -0.05) is 107 Å². The number of hydrogen-bond acceptors (Lipinski definition) is 12. The smallest absolute Gasteiger partial charge is 0.410 e. The van der Waals surface area contributed by atoms with Crippen molar-refractivity contribution in [1.29, 1.82) is 0 Å². The highest BCUT2D eigenvalue weighted by Crippen LogP contribution is 2.62. The molecule has 1 aliphatic heterocycles. The van der Waals surface area contributed by atoms with Crippen LogP contribution in [0.25, 0.3) is 0 Å². The second-order valence-corrected chi connectivity index (χ2v) is 17.6. The third-order valence-corrected chi connectivity index (χ3v) is 13.1. The third kappa shape index (κ3) is 14.1. The topological polar surface area (TPSA) is 166 Å². The maximum Gasteiger partial charge on any atom is 0.410 e. The van der Waals surface area contributed by atoms with E-state index >= 15 is 0 Å². The number of carbonyl (C=O) groups excluding carboxylic acids is 2. The summed E-state index contributed by atoms with van der Waals surface area (Å²) in [6, 6.07) is 12.0. The summed E-state index contributed by atoms with van der Waals surface area (Å²) in [5.41, 5.74) is 2.98. The van der Waals surface area contributed by atoms with Crippen molar-refractivity contribution in [2.24, 2.45) is 22.9 Å². The summed E-state index contributed by atoms with van der Waals surface area (Å²) < 4.78 is 32.7. The first-order chi connectivity index (χ1) is 31.9. The van der Waals surface area contributed by atoms with Crippen LogP contribution in [0.2, 0.25) is 0 Å². The first kappa shape index (κ1) is 51.7. The Morgan fingerprint density at radius 3 is 2.29 bits per heavy atom. The Kier molecular flexibility index (Phi) is 22.3. The lowest BCUT2D eigenvalue weighted by molar-refractivity contribution is -0.256. The summed E-state index contributed by atoms with van der Waals surface area (Å²) in [7, 11) is 1.52. The standard InChI is InChI=1S/C52H76N2O11/c1-4-6-7-8-9-10-11-12-13-18-31-62-51(59)54(26-32-61-33-29-57)48-37-46(53-60-3)44-35-40(21-14-16-27-55)43(23-15-17-28-56)49-45-36-42(64-41-22-19-20-39(34-41)38-58)24-25-47(45)65-52(48,50(44)49)63-30-5-2/h5,19-20,22,24-25,34-36,38,40,43,48-50,55-57H,2,4,6-18,21,23,26-33,37H2,1,3H3/t40-,43+,48-,49+,50+,52+/m0/s1. The zero-order valence-corrected chi connectivity index (χ0v) is 39.0. The molecule has 6 atom stereocenters. The molecule has 65 heavy (non-hydrogen) atoms. The minimum absolute atomic E-state index is 0.0177. The SMILES string of the molecule is C=CCO[C@@]12Oc3ccc(Oc4cccc(C=O)c4)cc3[C@H]3[C@H](CCCCO)[C@@H](CCCCO)C=C(C(=NOC)C[C@@H]1N(CCOCCO)C(=O)OCCCCCCCCCCCC)[C@H]32. The number of allylic oxidation sites excluding steroid dienone is 1. The van der Waals surface area contributed by atoms with Gasteiger partial charge in [0.05, 0.1) is 44.7 Å². The van der Waals surface area contributed by atoms with Gasteiger partial charge in [0.1, 0.15) is 36.7 Å². The fourth-order valence-electron chi connectivity index (χ4n) is 10.1. The van der Waals surface area contributed by atoms with Crippen LogP contribution in [-0.2, 0) is 19.0 Å². The number of hydrogen-bond donors (Lipinski definition) is 3. The molecule has 3 aliphatic rings. The Labute approximate surface area is 387 Å². The van der Waals surface area contributed by atoms with Crippen LogP contribution in [-0.4, -0.2) is 110 Å². The monoisotopic (exact) mass is 905 g/mol. The van der Waals surface area contributed by atoms with Gasteiger partial charge in [0.15, 0.2) is 0 Å². The minimum atomic E-state index is -1.47. The predicted molar refractivity (Wildman–Crippen MR) is 252 cm³/mol. The molecule has 0 unspecified atom stereocenters. The van der Waals surface area contributed by atoms with E-state index in [2.05, 4.69) is 24.7 Å². The molecule has 0 saturated heterocycles. The summed E-state index contributed by atoms with van der Waals surface area (Å²) in [6.45, 7) is 7.01. The molecule has 0 bridgehead atoms. The van der Waals surface area contributed by atoms with Crippen molar-refractivity contribution in [3.05, 3.63) is 77.9 Å². The van der Waals surface area contributed by atoms with E-state index in [4.69, 9.17) is 28.5 Å². The second kappa shape index (κ2) is 28.0. The van der Waals surface area contributed by atoms with Crippen LogP contribution in [0.4, 0.5) is 4.79 Å². The molecular formula is C52H76N2O11. The van der Waals surface area contributed by atoms with Crippen molar-refractivity contribution in [3.8, 4) is 17.2 Å². The number of fused-ring (bicyclic) bond motifs is 2. The van der Waals surface area contributed by atoms with E-state index in [1.165, 1.54) is 52.1 Å². The van der Waals surface area contributed by atoms with Crippen molar-refractivity contribution >= 4 is 18.1 Å². The van der Waals surface area contributed by atoms with Gasteiger partial charge >= 0.3 is 6.09 Å². The molecule has 2 aliphatic carbocycles. The molecule has 5 rings (SSSR count). The molecule has 2 aromatic rings. The number of aliphatic hydroxyl groups is 3. The van der Waals surface area contributed by atoms with E-state index in [9.17, 15) is 24.9 Å². The van der Waals surface area contributed by atoms with E-state index in [-0.39, 0.29) is 77.0 Å². The highest BCUT2D eigenvalue weighted by Gasteiger charge is 2.65. The van der Waals surface area contributed by atoms with Gasteiger partial charge in [0, 0.05) is 43.2 Å². The number of aliphatic hydroxyl groups excluding tert-OH is 3. The Morgan fingerprint density at radius 2 is 1.60 bits per heavy atom. The molecule has 1 fully saturated rings. The van der Waals surface area contributed by atoms with E-state index in [0.717, 1.165) is 62.4 Å². The number of carbonyl (C=O) groups is 2. The van der Waals surface area contributed by atoms with Crippen LogP contribution < -0.4 is 9.47 Å². The molecule has 0 spiro atoms. The van der Waals surface area contributed by atoms with Crippen LogP contribution in [0.5, 0.6) is 17.2 Å². The Hall–Kier alpha value is -4.27. The van der Waals surface area contributed by atoms with E-state index in [1.54, 1.807) is 35.2 Å². The number of unbranched alkanes of at least 4 members (excludes halogenated alkanes) is 11. The zero-order valence-electron chi connectivity index (χ0n) is 39.0. The van der Waals surface area contributed by atoms with Crippen molar-refractivity contribution in [3.63, 3.8) is 0 Å². The lowest BCUT2D eigenvalue weighted by atomic mass is 9.55. The molecule has 3 N–H and O–H groups in total. The van der Waals surface area contributed by atoms with Crippen LogP contribution >= 0.6 is 0 Å². The highest BCUT2D eigenvalue weighted by atomic mass is 16.7. The van der Waals surface area contributed by atoms with Crippen LogP contribution in [0.15, 0.2) is 71.9 Å². The van der Waals surface area contributed by atoms with Crippen molar-refractivity contribution in [2.75, 3.05) is 59.9 Å². The fourth-order valence-corrected chi connectivity index (χ4v) is 10.1. The average molecular weight is 905 g/mol. The van der Waals surface area contributed by atoms with E-state index < -0.39 is 23.8 Å². The lowest BCUT2D eigenvalue weighted by Crippen LogP contribution is -2.70. The number of oxime groups is 1. The van der Waals surface area contributed by atoms with Gasteiger partial charge in [-0.25, -0.2) is 4.79 Å². The minimum Gasteiger partial charge on any atom is -0.459 e. The number of amides is 1. The van der Waals surface area contributed by atoms with Gasteiger partial charge < -0.3 is 43.8 Å². The number of benzene rings is 2. The molecule has 0 aromatic heterocycles. The summed E-state index contributed by atoms with van der Waals surface area (Å²) in [5, 5.41) is 34.1. The largest absolute Gasteiger partial charge is 0.459 e. The molecule has 2 aromatic carbocycles. The summed E-state index contributed by atoms with van der Waals surface area (Å²) in [6.07, 6.45) is 20.5. The number of aldehydes is 1. The quantitative estimate of drug-likeness (QED) is 0.0277. The van der Waals surface area contributed by atoms with Crippen LogP contribution in [0, 0.1) is 17.8 Å². The van der Waals surface area contributed by atoms with Gasteiger partial charge in [0.25, 0.3) is 0 Å². The lowest BCUT2D eigenvalue weighted by Gasteiger charge is -2.59. The third-order valence-electron chi connectivity index (χ3n) is 13.1. The zero-order chi connectivity index (χ0) is 46.3. The molecular weight excluding hydrogens is 829 g/mol. The van der Waals surface area contributed by atoms with Gasteiger partial charge in [-0.2, -0.15) is 0 Å². The first-order valence-corrected chi connectivity index (χ1v) is 24.4. The van der Waals surface area contributed by atoms with Crippen molar-refractivity contribution in [1.82, 2.24) is 4.90 Å². The molecule has 360 valence electrons. The number of nitrogens with zero attached hydrogens (tertiary/aromatic N) is 2. The highest BCUT2D eigenvalue weighted by molar-refractivity contribution is 6.03. The van der Waals surface area contributed by atoms with Crippen LogP contribution in [0.3, 0.4) is 0 Å². The molecule has 1 amide bonds. The van der Waals surface area contributed by atoms with E-state index in [1.807, 2.05) is 18.2 Å². The Morgan fingerprint density at radius 1 is 0.877 bits per heavy atom. The van der Waals surface area contributed by atoms with Crippen molar-refractivity contribution < 1.29 is 53.4 Å².